The van der Waals surface area contributed by atoms with Gasteiger partial charge in [-0.1, -0.05) is 51.1 Å². The van der Waals surface area contributed by atoms with Crippen molar-refractivity contribution in [1.29, 1.82) is 0 Å². The summed E-state index contributed by atoms with van der Waals surface area (Å²) in [6, 6.07) is 7.08. The van der Waals surface area contributed by atoms with Gasteiger partial charge < -0.3 is 19.7 Å². The fraction of sp³-hybridized carbons (Fsp3) is 0.630. The van der Waals surface area contributed by atoms with Crippen molar-refractivity contribution in [2.45, 2.75) is 91.6 Å². The highest BCUT2D eigenvalue weighted by Crippen LogP contribution is 2.26. The maximum Gasteiger partial charge on any atom is 0.329 e. The molecule has 9 heteroatoms. The van der Waals surface area contributed by atoms with E-state index < -0.39 is 47.0 Å². The average molecular weight is 504 g/mol. The number of carbonyl (C=O) groups is 4. The highest BCUT2D eigenvalue weighted by atomic mass is 16.6. The van der Waals surface area contributed by atoms with Gasteiger partial charge in [-0.3, -0.25) is 19.7 Å². The number of hydrogen-bond acceptors (Lipinski definition) is 7. The summed E-state index contributed by atoms with van der Waals surface area (Å²) in [7, 11) is 0. The van der Waals surface area contributed by atoms with E-state index in [0.717, 1.165) is 5.56 Å². The van der Waals surface area contributed by atoms with Crippen molar-refractivity contribution >= 4 is 23.8 Å². The van der Waals surface area contributed by atoms with Crippen LogP contribution in [0.3, 0.4) is 0 Å². The Bertz CT molecular complexity index is 920. The standard InChI is InChI=1S/C27H41N3O6/c1-18(28-16-21(31)36-27(5,6)7)23(32)29-22(26(2,3)4)24(33)30-15-11-14-20(30)25(34)35-17-19-12-9-8-10-13-19/h8-10,12-13,18,20,22,28H,11,14-17H2,1-7H3,(H,29,32). The van der Waals surface area contributed by atoms with E-state index in [0.29, 0.717) is 19.4 Å². The van der Waals surface area contributed by atoms with Crippen LogP contribution in [-0.2, 0) is 35.3 Å². The summed E-state index contributed by atoms with van der Waals surface area (Å²) in [5.74, 6) is -1.67. The number of hydrogen-bond donors (Lipinski definition) is 2. The Morgan fingerprint density at radius 2 is 1.69 bits per heavy atom. The van der Waals surface area contributed by atoms with Crippen LogP contribution >= 0.6 is 0 Å². The van der Waals surface area contributed by atoms with Crippen molar-refractivity contribution in [3.63, 3.8) is 0 Å². The largest absolute Gasteiger partial charge is 0.459 e. The Balaban J connectivity index is 2.01. The lowest BCUT2D eigenvalue weighted by atomic mass is 9.85. The first kappa shape index (κ1) is 29.3. The van der Waals surface area contributed by atoms with Gasteiger partial charge in [0, 0.05) is 6.54 Å². The van der Waals surface area contributed by atoms with Crippen LogP contribution in [0.5, 0.6) is 0 Å². The minimum Gasteiger partial charge on any atom is -0.459 e. The molecule has 1 saturated heterocycles. The van der Waals surface area contributed by atoms with E-state index in [1.54, 1.807) is 27.7 Å². The first-order chi connectivity index (χ1) is 16.7. The molecule has 1 heterocycles. The molecule has 1 aliphatic heterocycles. The van der Waals surface area contributed by atoms with E-state index in [2.05, 4.69) is 10.6 Å². The zero-order valence-corrected chi connectivity index (χ0v) is 22.6. The van der Waals surface area contributed by atoms with Gasteiger partial charge in [0.2, 0.25) is 11.8 Å². The molecule has 1 aromatic carbocycles. The molecular formula is C27H41N3O6. The second kappa shape index (κ2) is 12.3. The molecule has 2 amide bonds. The Kier molecular flexibility index (Phi) is 10.0. The third-order valence-electron chi connectivity index (χ3n) is 5.80. The van der Waals surface area contributed by atoms with Crippen LogP contribution in [0.4, 0.5) is 0 Å². The molecule has 1 fully saturated rings. The van der Waals surface area contributed by atoms with Gasteiger partial charge >= 0.3 is 11.9 Å². The SMILES string of the molecule is CC(NCC(=O)OC(C)(C)C)C(=O)NC(C(=O)N1CCCC1C(=O)OCc1ccccc1)C(C)(C)C. The summed E-state index contributed by atoms with van der Waals surface area (Å²) in [5, 5.41) is 5.67. The van der Waals surface area contributed by atoms with Gasteiger partial charge in [-0.2, -0.15) is 0 Å². The topological polar surface area (TPSA) is 114 Å². The molecule has 0 bridgehead atoms. The molecule has 2 rings (SSSR count). The van der Waals surface area contributed by atoms with E-state index in [1.807, 2.05) is 51.1 Å². The Morgan fingerprint density at radius 1 is 1.06 bits per heavy atom. The monoisotopic (exact) mass is 503 g/mol. The number of amides is 2. The summed E-state index contributed by atoms with van der Waals surface area (Å²) in [6.07, 6.45) is 1.19. The third kappa shape index (κ3) is 8.93. The average Bonchev–Trinajstić information content (AvgIpc) is 3.27. The minimum atomic E-state index is -0.863. The van der Waals surface area contributed by atoms with Gasteiger partial charge in [-0.25, -0.2) is 4.79 Å². The normalized spacial score (nSPS) is 17.8. The fourth-order valence-corrected chi connectivity index (χ4v) is 3.89. The van der Waals surface area contributed by atoms with Gasteiger partial charge in [-0.15, -0.1) is 0 Å². The number of likely N-dealkylation sites (tertiary alicyclic amines) is 1. The first-order valence-electron chi connectivity index (χ1n) is 12.5. The van der Waals surface area contributed by atoms with Crippen LogP contribution in [0.25, 0.3) is 0 Å². The summed E-state index contributed by atoms with van der Waals surface area (Å²) in [4.78, 5) is 52.8. The van der Waals surface area contributed by atoms with E-state index >= 15 is 0 Å². The minimum absolute atomic E-state index is 0.137. The molecule has 0 aliphatic carbocycles. The van der Waals surface area contributed by atoms with E-state index in [9.17, 15) is 19.2 Å². The van der Waals surface area contributed by atoms with Gasteiger partial charge in [0.15, 0.2) is 0 Å². The molecular weight excluding hydrogens is 462 g/mol. The molecule has 9 nitrogen and oxygen atoms in total. The van der Waals surface area contributed by atoms with E-state index in [1.165, 1.54) is 4.90 Å². The van der Waals surface area contributed by atoms with Crippen LogP contribution in [0.2, 0.25) is 0 Å². The number of ether oxygens (including phenoxy) is 2. The Hall–Kier alpha value is -2.94. The predicted molar refractivity (Wildman–Crippen MR) is 136 cm³/mol. The molecule has 1 aliphatic rings. The lowest BCUT2D eigenvalue weighted by Gasteiger charge is -2.35. The lowest BCUT2D eigenvalue weighted by molar-refractivity contribution is -0.156. The van der Waals surface area contributed by atoms with Gasteiger partial charge in [-0.05, 0) is 51.5 Å². The van der Waals surface area contributed by atoms with Crippen LogP contribution in [0.15, 0.2) is 30.3 Å². The lowest BCUT2D eigenvalue weighted by Crippen LogP contribution is -2.59. The molecule has 0 saturated carbocycles. The van der Waals surface area contributed by atoms with Crippen molar-refractivity contribution in [2.75, 3.05) is 13.1 Å². The second-order valence-corrected chi connectivity index (χ2v) is 11.3. The first-order valence-corrected chi connectivity index (χ1v) is 12.5. The Morgan fingerprint density at radius 3 is 2.28 bits per heavy atom. The molecule has 1 aromatic rings. The van der Waals surface area contributed by atoms with Crippen LogP contribution in [-0.4, -0.2) is 65.5 Å². The molecule has 3 atom stereocenters. The van der Waals surface area contributed by atoms with Crippen LogP contribution < -0.4 is 10.6 Å². The number of nitrogens with zero attached hydrogens (tertiary/aromatic N) is 1. The molecule has 0 spiro atoms. The van der Waals surface area contributed by atoms with Gasteiger partial charge in [0.1, 0.15) is 24.3 Å². The molecule has 200 valence electrons. The van der Waals surface area contributed by atoms with Crippen molar-refractivity contribution in [3.8, 4) is 0 Å². The number of esters is 2. The summed E-state index contributed by atoms with van der Waals surface area (Å²) in [5.41, 5.74) is -0.365. The quantitative estimate of drug-likeness (QED) is 0.498. The summed E-state index contributed by atoms with van der Waals surface area (Å²) >= 11 is 0. The fourth-order valence-electron chi connectivity index (χ4n) is 3.89. The van der Waals surface area contributed by atoms with E-state index in [-0.39, 0.29) is 19.1 Å². The predicted octanol–water partition coefficient (Wildman–Crippen LogP) is 2.57. The molecule has 0 radical (unpaired) electrons. The highest BCUT2D eigenvalue weighted by molar-refractivity contribution is 5.93. The van der Waals surface area contributed by atoms with Gasteiger partial charge in [0.05, 0.1) is 12.6 Å². The summed E-state index contributed by atoms with van der Waals surface area (Å²) < 4.78 is 10.7. The Labute approximate surface area is 214 Å². The third-order valence-corrected chi connectivity index (χ3v) is 5.80. The van der Waals surface area contributed by atoms with Crippen molar-refractivity contribution in [1.82, 2.24) is 15.5 Å². The smallest absolute Gasteiger partial charge is 0.329 e. The van der Waals surface area contributed by atoms with Crippen LogP contribution in [0, 0.1) is 5.41 Å². The second-order valence-electron chi connectivity index (χ2n) is 11.3. The van der Waals surface area contributed by atoms with Crippen molar-refractivity contribution in [3.05, 3.63) is 35.9 Å². The highest BCUT2D eigenvalue weighted by Gasteiger charge is 2.42. The number of benzene rings is 1. The summed E-state index contributed by atoms with van der Waals surface area (Å²) in [6.45, 7) is 12.9. The zero-order valence-electron chi connectivity index (χ0n) is 22.6. The molecule has 0 aromatic heterocycles. The van der Waals surface area contributed by atoms with E-state index in [4.69, 9.17) is 9.47 Å². The van der Waals surface area contributed by atoms with Crippen molar-refractivity contribution in [2.24, 2.45) is 5.41 Å². The number of carbonyl (C=O) groups excluding carboxylic acids is 4. The van der Waals surface area contributed by atoms with Gasteiger partial charge in [0.25, 0.3) is 0 Å². The molecule has 36 heavy (non-hydrogen) atoms. The maximum atomic E-state index is 13.6. The van der Waals surface area contributed by atoms with Crippen LogP contribution in [0.1, 0.15) is 66.9 Å². The maximum absolute atomic E-state index is 13.6. The van der Waals surface area contributed by atoms with Crippen molar-refractivity contribution < 1.29 is 28.7 Å². The number of rotatable bonds is 9. The zero-order chi connectivity index (χ0) is 27.1. The molecule has 2 N–H and O–H groups in total. The molecule has 3 unspecified atom stereocenters. The number of nitrogens with one attached hydrogen (secondary N) is 2.